The van der Waals surface area contributed by atoms with Crippen LogP contribution in [-0.4, -0.2) is 48.0 Å². The highest BCUT2D eigenvalue weighted by Crippen LogP contribution is 2.20. The molecule has 1 amide bonds. The maximum atomic E-state index is 12.8. The number of nitrogens with one attached hydrogen (secondary N) is 1. The number of rotatable bonds is 7. The quantitative estimate of drug-likeness (QED) is 0.701. The van der Waals surface area contributed by atoms with Gasteiger partial charge in [-0.15, -0.1) is 0 Å². The van der Waals surface area contributed by atoms with E-state index in [1.54, 1.807) is 16.4 Å². The fraction of sp³-hybridized carbons (Fsp3) is 0.524. The lowest BCUT2D eigenvalue weighted by Crippen LogP contribution is -2.32. The summed E-state index contributed by atoms with van der Waals surface area (Å²) in [5, 5.41) is 7.29. The zero-order valence-corrected chi connectivity index (χ0v) is 18.0. The predicted molar refractivity (Wildman–Crippen MR) is 112 cm³/mol. The average Bonchev–Trinajstić information content (AvgIpc) is 2.90. The number of carbonyl (C=O) groups excluding carboxylic acids is 1. The van der Waals surface area contributed by atoms with E-state index in [4.69, 9.17) is 0 Å². The van der Waals surface area contributed by atoms with Gasteiger partial charge in [-0.1, -0.05) is 12.8 Å². The highest BCUT2D eigenvalue weighted by Gasteiger charge is 2.25. The Balaban J connectivity index is 1.53. The summed E-state index contributed by atoms with van der Waals surface area (Å²) in [5.41, 5.74) is 2.56. The summed E-state index contributed by atoms with van der Waals surface area (Å²) in [6.45, 7) is 6.39. The topological polar surface area (TPSA) is 84.3 Å². The molecule has 2 heterocycles. The largest absolute Gasteiger partial charge is 0.352 e. The molecule has 1 aliphatic rings. The minimum atomic E-state index is -3.49. The summed E-state index contributed by atoms with van der Waals surface area (Å²) in [6, 6.07) is 8.26. The second-order valence-corrected chi connectivity index (χ2v) is 9.54. The zero-order chi connectivity index (χ0) is 20.9. The van der Waals surface area contributed by atoms with Crippen molar-refractivity contribution in [2.45, 2.75) is 57.4 Å². The summed E-state index contributed by atoms with van der Waals surface area (Å²) in [4.78, 5) is 12.6. The molecule has 0 unspecified atom stereocenters. The first-order valence-electron chi connectivity index (χ1n) is 10.3. The number of amides is 1. The summed E-state index contributed by atoms with van der Waals surface area (Å²) >= 11 is 0. The Labute approximate surface area is 173 Å². The maximum Gasteiger partial charge on any atom is 0.251 e. The number of hydrogen-bond acceptors (Lipinski definition) is 4. The number of aromatic nitrogens is 2. The first-order chi connectivity index (χ1) is 13.9. The predicted octanol–water partition coefficient (Wildman–Crippen LogP) is 2.88. The van der Waals surface area contributed by atoms with Crippen LogP contribution in [0.4, 0.5) is 0 Å². The summed E-state index contributed by atoms with van der Waals surface area (Å²) in [6.07, 6.45) is 4.72. The third-order valence-corrected chi connectivity index (χ3v) is 7.17. The van der Waals surface area contributed by atoms with Crippen LogP contribution in [0.15, 0.2) is 35.2 Å². The monoisotopic (exact) mass is 418 g/mol. The van der Waals surface area contributed by atoms with Crippen molar-refractivity contribution in [2.24, 2.45) is 0 Å². The van der Waals surface area contributed by atoms with Gasteiger partial charge in [-0.25, -0.2) is 8.42 Å². The van der Waals surface area contributed by atoms with Gasteiger partial charge >= 0.3 is 0 Å². The van der Waals surface area contributed by atoms with Gasteiger partial charge in [0, 0.05) is 37.4 Å². The Kier molecular flexibility index (Phi) is 7.08. The molecule has 1 fully saturated rings. The van der Waals surface area contributed by atoms with Crippen LogP contribution in [0.25, 0.3) is 0 Å². The molecule has 7 nitrogen and oxygen atoms in total. The lowest BCUT2D eigenvalue weighted by atomic mass is 10.2. The number of sulfonamides is 1. The molecule has 1 aliphatic heterocycles. The lowest BCUT2D eigenvalue weighted by Gasteiger charge is -2.20. The van der Waals surface area contributed by atoms with Crippen LogP contribution in [0.2, 0.25) is 0 Å². The fourth-order valence-corrected chi connectivity index (χ4v) is 5.16. The Morgan fingerprint density at radius 3 is 2.31 bits per heavy atom. The van der Waals surface area contributed by atoms with E-state index in [0.717, 1.165) is 50.0 Å². The molecule has 1 aromatic heterocycles. The van der Waals surface area contributed by atoms with Crippen molar-refractivity contribution in [2.75, 3.05) is 19.6 Å². The van der Waals surface area contributed by atoms with Crippen LogP contribution in [0.3, 0.4) is 0 Å². The molecule has 0 bridgehead atoms. The smallest absolute Gasteiger partial charge is 0.251 e. The van der Waals surface area contributed by atoms with Gasteiger partial charge in [0.1, 0.15) is 0 Å². The molecule has 2 aromatic rings. The van der Waals surface area contributed by atoms with E-state index in [2.05, 4.69) is 10.4 Å². The van der Waals surface area contributed by atoms with E-state index in [1.165, 1.54) is 12.1 Å². The molecule has 1 aromatic carbocycles. The van der Waals surface area contributed by atoms with Gasteiger partial charge in [0.2, 0.25) is 10.0 Å². The summed E-state index contributed by atoms with van der Waals surface area (Å²) < 4.78 is 29.1. The van der Waals surface area contributed by atoms with E-state index in [9.17, 15) is 13.2 Å². The fourth-order valence-electron chi connectivity index (χ4n) is 3.64. The molecule has 0 atom stereocenters. The third kappa shape index (κ3) is 5.45. The van der Waals surface area contributed by atoms with Crippen molar-refractivity contribution < 1.29 is 13.2 Å². The van der Waals surface area contributed by atoms with Crippen molar-refractivity contribution >= 4 is 15.9 Å². The van der Waals surface area contributed by atoms with Gasteiger partial charge in [0.05, 0.1) is 10.6 Å². The van der Waals surface area contributed by atoms with Crippen LogP contribution in [0, 0.1) is 13.8 Å². The number of nitrogens with zero attached hydrogens (tertiary/aromatic N) is 3. The first kappa shape index (κ1) is 21.5. The molecule has 0 radical (unpaired) electrons. The van der Waals surface area contributed by atoms with Gasteiger partial charge in [0.25, 0.3) is 5.91 Å². The molecule has 3 rings (SSSR count). The molecular weight excluding hydrogens is 388 g/mol. The van der Waals surface area contributed by atoms with Crippen LogP contribution in [0.1, 0.15) is 53.8 Å². The molecular formula is C21H30N4O3S. The molecule has 0 saturated carbocycles. The Hall–Kier alpha value is -2.19. The second-order valence-electron chi connectivity index (χ2n) is 7.60. The van der Waals surface area contributed by atoms with Gasteiger partial charge < -0.3 is 5.32 Å². The Morgan fingerprint density at radius 1 is 1.07 bits per heavy atom. The zero-order valence-electron chi connectivity index (χ0n) is 17.2. The first-order valence-corrected chi connectivity index (χ1v) is 11.7. The molecule has 8 heteroatoms. The average molecular weight is 419 g/mol. The van der Waals surface area contributed by atoms with Crippen LogP contribution >= 0.6 is 0 Å². The van der Waals surface area contributed by atoms with E-state index >= 15 is 0 Å². The number of hydrogen-bond donors (Lipinski definition) is 1. The normalized spacial score (nSPS) is 15.8. The van der Waals surface area contributed by atoms with Crippen LogP contribution < -0.4 is 5.32 Å². The second kappa shape index (κ2) is 9.54. The van der Waals surface area contributed by atoms with Gasteiger partial charge in [-0.05, 0) is 63.4 Å². The SMILES string of the molecule is Cc1cc(C)n(CCCNC(=O)c2ccc(S(=O)(=O)N3CCCCCC3)cc2)n1. The number of benzene rings is 1. The minimum Gasteiger partial charge on any atom is -0.352 e. The Bertz CT molecular complexity index is 927. The molecule has 29 heavy (non-hydrogen) atoms. The Morgan fingerprint density at radius 2 is 1.72 bits per heavy atom. The van der Waals surface area contributed by atoms with E-state index in [1.807, 2.05) is 24.6 Å². The molecule has 1 N–H and O–H groups in total. The van der Waals surface area contributed by atoms with E-state index in [0.29, 0.717) is 25.2 Å². The van der Waals surface area contributed by atoms with Crippen LogP contribution in [0.5, 0.6) is 0 Å². The van der Waals surface area contributed by atoms with E-state index in [-0.39, 0.29) is 10.8 Å². The molecule has 158 valence electrons. The van der Waals surface area contributed by atoms with Crippen LogP contribution in [-0.2, 0) is 16.6 Å². The summed E-state index contributed by atoms with van der Waals surface area (Å²) in [7, 11) is -3.49. The highest BCUT2D eigenvalue weighted by atomic mass is 32.2. The van der Waals surface area contributed by atoms with Crippen molar-refractivity contribution in [3.05, 3.63) is 47.3 Å². The molecule has 1 saturated heterocycles. The lowest BCUT2D eigenvalue weighted by molar-refractivity contribution is 0.0952. The highest BCUT2D eigenvalue weighted by molar-refractivity contribution is 7.89. The standard InChI is InChI=1S/C21H30N4O3S/c1-17-16-18(2)25(23-17)15-7-12-22-21(26)19-8-10-20(11-9-19)29(27,28)24-13-5-3-4-6-14-24/h8-11,16H,3-7,12-15H2,1-2H3,(H,22,26). The van der Waals surface area contributed by atoms with Crippen molar-refractivity contribution in [1.82, 2.24) is 19.4 Å². The molecule has 0 aliphatic carbocycles. The van der Waals surface area contributed by atoms with Crippen molar-refractivity contribution in [1.29, 1.82) is 0 Å². The number of carbonyl (C=O) groups is 1. The number of aryl methyl sites for hydroxylation is 3. The van der Waals surface area contributed by atoms with Crippen molar-refractivity contribution in [3.8, 4) is 0 Å². The van der Waals surface area contributed by atoms with Gasteiger partial charge in [-0.3, -0.25) is 9.48 Å². The van der Waals surface area contributed by atoms with E-state index < -0.39 is 10.0 Å². The third-order valence-electron chi connectivity index (χ3n) is 5.25. The molecule has 0 spiro atoms. The van der Waals surface area contributed by atoms with Crippen molar-refractivity contribution in [3.63, 3.8) is 0 Å². The van der Waals surface area contributed by atoms with Gasteiger partial charge in [-0.2, -0.15) is 9.40 Å². The maximum absolute atomic E-state index is 12.8. The minimum absolute atomic E-state index is 0.197. The van der Waals surface area contributed by atoms with Gasteiger partial charge in [0.15, 0.2) is 0 Å². The summed E-state index contributed by atoms with van der Waals surface area (Å²) in [5.74, 6) is -0.197.